The van der Waals surface area contributed by atoms with Crippen molar-refractivity contribution in [2.24, 2.45) is 0 Å². The van der Waals surface area contributed by atoms with Crippen LogP contribution in [0.1, 0.15) is 235 Å². The van der Waals surface area contributed by atoms with E-state index in [2.05, 4.69) is 211 Å². The molecule has 54 heavy (non-hydrogen) atoms. The van der Waals surface area contributed by atoms with Crippen molar-refractivity contribution in [3.8, 4) is 0 Å². The fourth-order valence-corrected chi connectivity index (χ4v) is 99.8. The summed E-state index contributed by atoms with van der Waals surface area (Å²) >= 11 is 0. The van der Waals surface area contributed by atoms with Crippen LogP contribution in [0.2, 0.25) is 33.2 Å². The molecule has 0 aliphatic rings. The Kier molecular flexibility index (Phi) is 15.1. The molecule has 5 heteroatoms. The first-order chi connectivity index (χ1) is 24.0. The van der Waals surface area contributed by atoms with Gasteiger partial charge in [-0.2, -0.15) is 0 Å². The average Bonchev–Trinajstić information content (AvgIpc) is 2.99. The highest BCUT2D eigenvalue weighted by atomic mass is 29.9. The molecule has 1 radical (unpaired) electrons. The molecule has 0 atom stereocenters. The van der Waals surface area contributed by atoms with E-state index in [9.17, 15) is 0 Å². The van der Waals surface area contributed by atoms with Crippen LogP contribution in [-0.2, 0) is 4.43 Å². The molecule has 0 heterocycles. The van der Waals surface area contributed by atoms with Gasteiger partial charge in [-0.25, -0.2) is 0 Å². The number of benzene rings is 2. The van der Waals surface area contributed by atoms with Crippen LogP contribution in [0.5, 0.6) is 0 Å². The zero-order valence-corrected chi connectivity index (χ0v) is 45.2. The second kappa shape index (κ2) is 16.5. The quantitative estimate of drug-likeness (QED) is 0.194. The first kappa shape index (κ1) is 49.4. The maximum Gasteiger partial charge on any atom is 0.233 e. The van der Waals surface area contributed by atoms with Crippen molar-refractivity contribution in [2.45, 2.75) is 235 Å². The number of hydrogen-bond acceptors (Lipinski definition) is 1. The van der Waals surface area contributed by atoms with Crippen molar-refractivity contribution in [2.75, 3.05) is 7.11 Å². The molecule has 309 valence electrons. The van der Waals surface area contributed by atoms with Gasteiger partial charge in [0.2, 0.25) is 7.83 Å². The van der Waals surface area contributed by atoms with E-state index in [-0.39, 0.29) is 20.2 Å². The van der Waals surface area contributed by atoms with Gasteiger partial charge >= 0.3 is 0 Å². The normalized spacial score (nSPS) is 14.7. The molecule has 0 saturated carbocycles. The predicted molar refractivity (Wildman–Crippen MR) is 257 cm³/mol. The standard InChI is InChI=1S/C49H91OSi4/c1-32(2)38-28-40(34(5)6)44(41(29-38)35(7)8)54(50-25,45-42(36(9)10)30-39(33(3)4)31-43(45)37(11)12)51(52(26,46(13,14)15)47(16,17)18)53(27,48(19,20)21)49(22,23)24/h28-37H,1-27H3. The molecule has 0 unspecified atom stereocenters. The highest BCUT2D eigenvalue weighted by molar-refractivity contribution is 7.86. The Morgan fingerprint density at radius 2 is 0.611 bits per heavy atom. The van der Waals surface area contributed by atoms with Crippen LogP contribution in [0.4, 0.5) is 0 Å². The third-order valence-electron chi connectivity index (χ3n) is 14.6. The zero-order valence-electron chi connectivity index (χ0n) is 41.2. The predicted octanol–water partition coefficient (Wildman–Crippen LogP) is 15.2. The van der Waals surface area contributed by atoms with Crippen LogP contribution < -0.4 is 10.4 Å². The molecule has 0 aliphatic carbocycles. The highest BCUT2D eigenvalue weighted by Crippen LogP contribution is 2.62. The monoisotopic (exact) mass is 808 g/mol. The fraction of sp³-hybridized carbons (Fsp3) is 0.755. The summed E-state index contributed by atoms with van der Waals surface area (Å²) in [6, 6.07) is 10.7. The number of rotatable bonds is 12. The third kappa shape index (κ3) is 8.39. The average molecular weight is 809 g/mol. The van der Waals surface area contributed by atoms with E-state index in [4.69, 9.17) is 4.43 Å². The molecule has 0 aromatic heterocycles. The Labute approximate surface area is 343 Å². The van der Waals surface area contributed by atoms with Crippen molar-refractivity contribution in [3.63, 3.8) is 0 Å². The number of hydrogen-bond donors (Lipinski definition) is 0. The van der Waals surface area contributed by atoms with E-state index in [1.165, 1.54) is 11.1 Å². The van der Waals surface area contributed by atoms with Crippen LogP contribution in [-0.4, -0.2) is 37.5 Å². The maximum atomic E-state index is 8.26. The Morgan fingerprint density at radius 1 is 0.407 bits per heavy atom. The smallest absolute Gasteiger partial charge is 0.233 e. The van der Waals surface area contributed by atoms with Gasteiger partial charge in [0.1, 0.15) is 0 Å². The van der Waals surface area contributed by atoms with Crippen LogP contribution in [0.25, 0.3) is 0 Å². The molecule has 0 bridgehead atoms. The molecule has 0 N–H and O–H groups in total. The molecule has 0 fully saturated rings. The second-order valence-electron chi connectivity index (χ2n) is 23.6. The topological polar surface area (TPSA) is 9.23 Å². The summed E-state index contributed by atoms with van der Waals surface area (Å²) in [6.45, 7) is 67.2. The summed E-state index contributed by atoms with van der Waals surface area (Å²) < 4.78 is 8.26. The molecule has 0 amide bonds. The summed E-state index contributed by atoms with van der Waals surface area (Å²) in [6.07, 6.45) is 0. The van der Waals surface area contributed by atoms with Gasteiger partial charge in [-0.05, 0) is 99.4 Å². The lowest BCUT2D eigenvalue weighted by molar-refractivity contribution is 0.429. The second-order valence-corrected chi connectivity index (χ2v) is 54.7. The van der Waals surface area contributed by atoms with Crippen LogP contribution in [0.3, 0.4) is 0 Å². The van der Waals surface area contributed by atoms with E-state index in [1.54, 1.807) is 32.6 Å². The molecule has 2 aromatic carbocycles. The molecule has 0 saturated heterocycles. The van der Waals surface area contributed by atoms with Crippen molar-refractivity contribution < 1.29 is 4.43 Å². The summed E-state index contributed by atoms with van der Waals surface area (Å²) in [5.41, 5.74) is 9.29. The van der Waals surface area contributed by atoms with Gasteiger partial charge < -0.3 is 4.43 Å². The van der Waals surface area contributed by atoms with Gasteiger partial charge in [-0.1, -0.05) is 204 Å². The van der Waals surface area contributed by atoms with Gasteiger partial charge in [0.05, 0.1) is 22.5 Å². The van der Waals surface area contributed by atoms with Gasteiger partial charge in [0, 0.05) is 7.11 Å². The van der Waals surface area contributed by atoms with Gasteiger partial charge in [-0.3, -0.25) is 0 Å². The van der Waals surface area contributed by atoms with Crippen molar-refractivity contribution in [3.05, 3.63) is 57.6 Å². The van der Waals surface area contributed by atoms with Crippen molar-refractivity contribution in [1.82, 2.24) is 0 Å². The molecular weight excluding hydrogens is 717 g/mol. The minimum atomic E-state index is -3.18. The molecular formula is C49H91OSi4. The molecule has 2 rings (SSSR count). The minimum Gasteiger partial charge on any atom is -0.415 e. The van der Waals surface area contributed by atoms with Crippen LogP contribution in [0.15, 0.2) is 24.3 Å². The van der Waals surface area contributed by atoms with E-state index in [0.717, 1.165) is 0 Å². The van der Waals surface area contributed by atoms with Crippen molar-refractivity contribution in [1.29, 1.82) is 0 Å². The van der Waals surface area contributed by atoms with Gasteiger partial charge in [0.25, 0.3) is 0 Å². The zero-order chi connectivity index (χ0) is 42.7. The summed E-state index contributed by atoms with van der Waals surface area (Å²) in [5, 5.41) is 4.00. The first-order valence-electron chi connectivity index (χ1n) is 21.8. The lowest BCUT2D eigenvalue weighted by atomic mass is 9.89. The van der Waals surface area contributed by atoms with Gasteiger partial charge in [0.15, 0.2) is 0 Å². The summed E-state index contributed by atoms with van der Waals surface area (Å²) in [4.78, 5) is 0. The highest BCUT2D eigenvalue weighted by Gasteiger charge is 2.74. The lowest BCUT2D eigenvalue weighted by Gasteiger charge is -2.68. The first-order valence-corrected chi connectivity index (χ1v) is 33.2. The Morgan fingerprint density at radius 3 is 0.741 bits per heavy atom. The largest absolute Gasteiger partial charge is 0.415 e. The molecule has 0 aliphatic heterocycles. The Balaban J connectivity index is 4.06. The Hall–Kier alpha value is -0.732. The summed E-state index contributed by atoms with van der Waals surface area (Å²) in [5.74, 6) is 2.47. The molecule has 2 aromatic rings. The molecule has 0 spiro atoms. The molecule has 1 nitrogen and oxygen atoms in total. The van der Waals surface area contributed by atoms with Crippen LogP contribution in [0, 0.1) is 0 Å². The van der Waals surface area contributed by atoms with E-state index in [0.29, 0.717) is 35.5 Å². The maximum absolute atomic E-state index is 8.26. The van der Waals surface area contributed by atoms with E-state index in [1.807, 2.05) is 0 Å². The lowest BCUT2D eigenvalue weighted by Crippen LogP contribution is -2.91. The summed E-state index contributed by atoms with van der Waals surface area (Å²) in [7, 11) is -7.07. The van der Waals surface area contributed by atoms with Crippen molar-refractivity contribution >= 4 is 40.7 Å². The van der Waals surface area contributed by atoms with E-state index < -0.39 is 30.4 Å². The third-order valence-corrected chi connectivity index (χ3v) is 76.1. The van der Waals surface area contributed by atoms with E-state index >= 15 is 0 Å². The minimum absolute atomic E-state index is 0.156. The SMILES string of the molecule is CO[Si](c1c(C(C)C)cc(C(C)C)cc1C(C)C)(c1c(C(C)C)cc(C(C)C)cc1C(C)C)[Si]([Si](C)(C(C)(C)C)C(C)(C)C)[Si](C)(C(C)(C)C)C(C)(C)C. The fourth-order valence-electron chi connectivity index (χ4n) is 10.4. The Bertz CT molecular complexity index is 1380. The van der Waals surface area contributed by atoms with Gasteiger partial charge in [-0.15, -0.1) is 0 Å². The van der Waals surface area contributed by atoms with Crippen LogP contribution >= 0.6 is 0 Å².